The second-order valence-electron chi connectivity index (χ2n) is 6.17. The Balaban J connectivity index is 1.55. The van der Waals surface area contributed by atoms with Gasteiger partial charge in [0.15, 0.2) is 5.65 Å². The molecule has 0 spiro atoms. The number of hydrogen-bond donors (Lipinski definition) is 0. The summed E-state index contributed by atoms with van der Waals surface area (Å²) in [4.78, 5) is 15.5. The van der Waals surface area contributed by atoms with Crippen LogP contribution in [0.25, 0.3) is 5.65 Å². The molecular weight excluding hydrogens is 304 g/mol. The smallest absolute Gasteiger partial charge is 0.159 e. The van der Waals surface area contributed by atoms with Crippen LogP contribution in [0, 0.1) is 13.8 Å². The van der Waals surface area contributed by atoms with Gasteiger partial charge in [-0.25, -0.2) is 9.50 Å². The molecule has 7 heteroatoms. The average molecular weight is 324 g/mol. The van der Waals surface area contributed by atoms with Gasteiger partial charge in [0.2, 0.25) is 0 Å². The monoisotopic (exact) mass is 324 g/mol. The molecule has 7 nitrogen and oxygen atoms in total. The van der Waals surface area contributed by atoms with Crippen LogP contribution in [-0.2, 0) is 11.3 Å². The summed E-state index contributed by atoms with van der Waals surface area (Å²) in [6, 6.07) is 2.04. The predicted molar refractivity (Wildman–Crippen MR) is 88.5 cm³/mol. The van der Waals surface area contributed by atoms with Gasteiger partial charge in [-0.15, -0.1) is 0 Å². The van der Waals surface area contributed by atoms with E-state index >= 15 is 0 Å². The fourth-order valence-corrected chi connectivity index (χ4v) is 3.17. The highest BCUT2D eigenvalue weighted by molar-refractivity contribution is 5.47. The fraction of sp³-hybridized carbons (Fsp3) is 0.412. The minimum atomic E-state index is -0.0364. The maximum Gasteiger partial charge on any atom is 0.159 e. The Morgan fingerprint density at radius 2 is 2.17 bits per heavy atom. The largest absolute Gasteiger partial charge is 0.369 e. The summed E-state index contributed by atoms with van der Waals surface area (Å²) in [5.74, 6) is 0. The molecule has 1 fully saturated rings. The lowest BCUT2D eigenvalue weighted by molar-refractivity contribution is -0.0350. The number of morpholine rings is 1. The summed E-state index contributed by atoms with van der Waals surface area (Å²) in [6.07, 6.45) is 7.04. The van der Waals surface area contributed by atoms with Gasteiger partial charge in [0.05, 0.1) is 24.7 Å². The maximum atomic E-state index is 5.86. The third-order valence-electron chi connectivity index (χ3n) is 4.31. The molecule has 3 aromatic rings. The fourth-order valence-electron chi connectivity index (χ4n) is 3.17. The van der Waals surface area contributed by atoms with Gasteiger partial charge in [-0.1, -0.05) is 0 Å². The van der Waals surface area contributed by atoms with E-state index < -0.39 is 0 Å². The Bertz CT molecular complexity index is 847. The number of rotatable bonds is 3. The van der Waals surface area contributed by atoms with Crippen molar-refractivity contribution in [1.29, 1.82) is 0 Å². The topological polar surface area (TPSA) is 68.4 Å². The van der Waals surface area contributed by atoms with Crippen molar-refractivity contribution in [3.8, 4) is 0 Å². The lowest BCUT2D eigenvalue weighted by atomic mass is 10.2. The molecule has 1 atom stereocenters. The number of hydrogen-bond acceptors (Lipinski definition) is 6. The van der Waals surface area contributed by atoms with E-state index in [1.54, 1.807) is 18.6 Å². The Kier molecular flexibility index (Phi) is 3.95. The number of aryl methyl sites for hydroxylation is 2. The van der Waals surface area contributed by atoms with Gasteiger partial charge in [-0.3, -0.25) is 14.9 Å². The van der Waals surface area contributed by atoms with Crippen LogP contribution >= 0.6 is 0 Å². The van der Waals surface area contributed by atoms with Crippen LogP contribution < -0.4 is 0 Å². The summed E-state index contributed by atoms with van der Waals surface area (Å²) < 4.78 is 7.76. The van der Waals surface area contributed by atoms with Crippen molar-refractivity contribution in [2.24, 2.45) is 0 Å². The molecule has 4 rings (SSSR count). The van der Waals surface area contributed by atoms with Gasteiger partial charge < -0.3 is 4.74 Å². The zero-order valence-electron chi connectivity index (χ0n) is 13.9. The second-order valence-corrected chi connectivity index (χ2v) is 6.17. The van der Waals surface area contributed by atoms with E-state index in [-0.39, 0.29) is 6.10 Å². The van der Waals surface area contributed by atoms with Crippen molar-refractivity contribution in [2.75, 3.05) is 19.7 Å². The van der Waals surface area contributed by atoms with Gasteiger partial charge in [-0.2, -0.15) is 5.10 Å². The van der Waals surface area contributed by atoms with E-state index in [4.69, 9.17) is 4.74 Å². The molecule has 0 saturated carbocycles. The second kappa shape index (κ2) is 6.26. The third-order valence-corrected chi connectivity index (χ3v) is 4.31. The van der Waals surface area contributed by atoms with E-state index in [2.05, 4.69) is 31.9 Å². The van der Waals surface area contributed by atoms with Crippen LogP contribution in [-0.4, -0.2) is 49.2 Å². The van der Waals surface area contributed by atoms with Gasteiger partial charge >= 0.3 is 0 Å². The molecule has 24 heavy (non-hydrogen) atoms. The Morgan fingerprint density at radius 1 is 1.25 bits per heavy atom. The Morgan fingerprint density at radius 3 is 3.00 bits per heavy atom. The average Bonchev–Trinajstić information content (AvgIpc) is 2.99. The van der Waals surface area contributed by atoms with Gasteiger partial charge in [0.25, 0.3) is 0 Å². The molecule has 1 aliphatic rings. The first-order valence-corrected chi connectivity index (χ1v) is 8.11. The Labute approximate surface area is 140 Å². The van der Waals surface area contributed by atoms with Crippen LogP contribution in [0.1, 0.15) is 28.7 Å². The molecule has 124 valence electrons. The lowest BCUT2D eigenvalue weighted by Crippen LogP contribution is -2.38. The maximum absolute atomic E-state index is 5.86. The zero-order valence-corrected chi connectivity index (χ0v) is 13.9. The molecule has 3 aromatic heterocycles. The van der Waals surface area contributed by atoms with Crippen LogP contribution in [0.15, 0.2) is 30.9 Å². The molecule has 0 N–H and O–H groups in total. The molecule has 1 saturated heterocycles. The molecule has 0 aromatic carbocycles. The molecular formula is C17H20N6O. The summed E-state index contributed by atoms with van der Waals surface area (Å²) >= 11 is 0. The van der Waals surface area contributed by atoms with Gasteiger partial charge in [0.1, 0.15) is 6.10 Å². The normalized spacial score (nSPS) is 19.0. The number of aromatic nitrogens is 5. The van der Waals surface area contributed by atoms with E-state index in [1.165, 1.54) is 0 Å². The molecule has 0 unspecified atom stereocenters. The highest BCUT2D eigenvalue weighted by Crippen LogP contribution is 2.22. The highest BCUT2D eigenvalue weighted by Gasteiger charge is 2.24. The first kappa shape index (κ1) is 15.2. The first-order chi connectivity index (χ1) is 11.7. The predicted octanol–water partition coefficient (Wildman–Crippen LogP) is 1.71. The van der Waals surface area contributed by atoms with E-state index in [1.807, 2.05) is 23.7 Å². The lowest BCUT2D eigenvalue weighted by Gasteiger charge is -2.32. The summed E-state index contributed by atoms with van der Waals surface area (Å²) in [6.45, 7) is 7.24. The van der Waals surface area contributed by atoms with Crippen LogP contribution in [0.3, 0.4) is 0 Å². The number of fused-ring (bicyclic) bond motifs is 1. The highest BCUT2D eigenvalue weighted by atomic mass is 16.5. The molecule has 0 radical (unpaired) electrons. The SMILES string of the molecule is Cc1cc(C)n2ncc(CN3CCO[C@@H](c4cnccn4)C3)c2n1. The van der Waals surface area contributed by atoms with Gasteiger partial charge in [-0.05, 0) is 19.9 Å². The van der Waals surface area contributed by atoms with Crippen LogP contribution in [0.2, 0.25) is 0 Å². The summed E-state index contributed by atoms with van der Waals surface area (Å²) in [5, 5.41) is 4.48. The minimum absolute atomic E-state index is 0.0364. The zero-order chi connectivity index (χ0) is 16.5. The Hall–Kier alpha value is -2.38. The van der Waals surface area contributed by atoms with Gasteiger partial charge in [0, 0.05) is 49.0 Å². The first-order valence-electron chi connectivity index (χ1n) is 8.11. The quantitative estimate of drug-likeness (QED) is 0.730. The van der Waals surface area contributed by atoms with Crippen LogP contribution in [0.4, 0.5) is 0 Å². The standard InChI is InChI=1S/C17H20N6O/c1-12-7-13(2)23-17(21-12)14(8-20-23)10-22-5-6-24-16(11-22)15-9-18-3-4-19-15/h3-4,7-9,16H,5-6,10-11H2,1-2H3/t16-/m1/s1. The van der Waals surface area contributed by atoms with E-state index in [0.29, 0.717) is 6.61 Å². The molecule has 4 heterocycles. The molecule has 0 amide bonds. The van der Waals surface area contributed by atoms with Crippen molar-refractivity contribution < 1.29 is 4.74 Å². The number of nitrogens with zero attached hydrogens (tertiary/aromatic N) is 6. The van der Waals surface area contributed by atoms with Crippen molar-refractivity contribution in [3.05, 3.63) is 53.5 Å². The van der Waals surface area contributed by atoms with Crippen LogP contribution in [0.5, 0.6) is 0 Å². The van der Waals surface area contributed by atoms with E-state index in [0.717, 1.165) is 47.9 Å². The molecule has 1 aliphatic heterocycles. The molecule has 0 aliphatic carbocycles. The summed E-state index contributed by atoms with van der Waals surface area (Å²) in [7, 11) is 0. The van der Waals surface area contributed by atoms with Crippen molar-refractivity contribution in [1.82, 2.24) is 29.5 Å². The summed E-state index contributed by atoms with van der Waals surface area (Å²) in [5.41, 5.74) is 5.08. The van der Waals surface area contributed by atoms with Crippen molar-refractivity contribution in [2.45, 2.75) is 26.5 Å². The number of ether oxygens (including phenoxy) is 1. The van der Waals surface area contributed by atoms with Crippen molar-refractivity contribution in [3.63, 3.8) is 0 Å². The third kappa shape index (κ3) is 2.88. The van der Waals surface area contributed by atoms with E-state index in [9.17, 15) is 0 Å². The molecule has 0 bridgehead atoms. The minimum Gasteiger partial charge on any atom is -0.369 e. The van der Waals surface area contributed by atoms with Crippen molar-refractivity contribution >= 4 is 5.65 Å².